The highest BCUT2D eigenvalue weighted by Crippen LogP contribution is 2.24. The summed E-state index contributed by atoms with van der Waals surface area (Å²) in [6, 6.07) is 10.2. The Morgan fingerprint density at radius 1 is 1.16 bits per heavy atom. The first-order valence-corrected chi connectivity index (χ1v) is 5.86. The Balaban J connectivity index is 2.15. The van der Waals surface area contributed by atoms with Crippen molar-refractivity contribution in [2.75, 3.05) is 7.11 Å². The minimum atomic E-state index is -0.887. The largest absolute Gasteiger partial charge is 0.494 e. The molecule has 2 aromatic carbocycles. The Hall–Kier alpha value is -1.94. The maximum atomic E-state index is 13.5. The number of aliphatic hydroxyl groups is 1. The number of aliphatic hydroxyl groups excluding tert-OH is 1. The van der Waals surface area contributed by atoms with Crippen LogP contribution in [-0.4, -0.2) is 12.2 Å². The van der Waals surface area contributed by atoms with Gasteiger partial charge in [-0.25, -0.2) is 8.78 Å². The summed E-state index contributed by atoms with van der Waals surface area (Å²) in [7, 11) is 1.38. The molecule has 0 heterocycles. The van der Waals surface area contributed by atoms with Gasteiger partial charge in [-0.15, -0.1) is 0 Å². The number of benzene rings is 2. The summed E-state index contributed by atoms with van der Waals surface area (Å²) < 4.78 is 31.3. The molecule has 0 radical (unpaired) electrons. The molecular formula is C15H14F2O2. The van der Waals surface area contributed by atoms with Crippen molar-refractivity contribution in [2.24, 2.45) is 0 Å². The molecule has 0 aliphatic heterocycles. The van der Waals surface area contributed by atoms with Gasteiger partial charge in [0.2, 0.25) is 0 Å². The van der Waals surface area contributed by atoms with Gasteiger partial charge in [-0.05, 0) is 35.4 Å². The van der Waals surface area contributed by atoms with Crippen molar-refractivity contribution in [1.82, 2.24) is 0 Å². The van der Waals surface area contributed by atoms with Crippen LogP contribution in [-0.2, 0) is 6.42 Å². The molecule has 0 aromatic heterocycles. The Labute approximate surface area is 110 Å². The molecule has 1 unspecified atom stereocenters. The van der Waals surface area contributed by atoms with Gasteiger partial charge in [0.05, 0.1) is 13.2 Å². The van der Waals surface area contributed by atoms with Crippen molar-refractivity contribution in [2.45, 2.75) is 12.5 Å². The molecule has 0 bridgehead atoms. The summed E-state index contributed by atoms with van der Waals surface area (Å²) >= 11 is 0. The molecule has 0 spiro atoms. The molecule has 2 aromatic rings. The Bertz CT molecular complexity index is 570. The molecule has 4 heteroatoms. The van der Waals surface area contributed by atoms with Gasteiger partial charge in [0.1, 0.15) is 5.82 Å². The Morgan fingerprint density at radius 3 is 2.58 bits per heavy atom. The second kappa shape index (κ2) is 5.80. The highest BCUT2D eigenvalue weighted by atomic mass is 19.1. The molecule has 2 rings (SSSR count). The topological polar surface area (TPSA) is 29.5 Å². The van der Waals surface area contributed by atoms with E-state index in [0.29, 0.717) is 11.1 Å². The normalized spacial score (nSPS) is 12.2. The fourth-order valence-electron chi connectivity index (χ4n) is 1.89. The summed E-state index contributed by atoms with van der Waals surface area (Å²) in [4.78, 5) is 0. The zero-order valence-corrected chi connectivity index (χ0v) is 10.4. The molecule has 1 N–H and O–H groups in total. The Kier molecular flexibility index (Phi) is 4.12. The van der Waals surface area contributed by atoms with Gasteiger partial charge in [0.15, 0.2) is 11.6 Å². The maximum absolute atomic E-state index is 13.5. The first kappa shape index (κ1) is 13.5. The molecule has 0 amide bonds. The van der Waals surface area contributed by atoms with E-state index in [1.54, 1.807) is 18.2 Å². The lowest BCUT2D eigenvalue weighted by Crippen LogP contribution is -2.03. The first-order chi connectivity index (χ1) is 9.10. The van der Waals surface area contributed by atoms with Crippen LogP contribution in [0.1, 0.15) is 17.2 Å². The van der Waals surface area contributed by atoms with Crippen LogP contribution in [0.4, 0.5) is 8.78 Å². The molecule has 0 aliphatic rings. The van der Waals surface area contributed by atoms with Crippen molar-refractivity contribution in [3.05, 3.63) is 65.2 Å². The minimum Gasteiger partial charge on any atom is -0.494 e. The number of halogens is 2. The van der Waals surface area contributed by atoms with Crippen molar-refractivity contribution in [3.8, 4) is 5.75 Å². The van der Waals surface area contributed by atoms with Crippen LogP contribution < -0.4 is 4.74 Å². The number of ether oxygens (including phenoxy) is 1. The van der Waals surface area contributed by atoms with Crippen molar-refractivity contribution >= 4 is 0 Å². The standard InChI is InChI=1S/C15H14F2O2/c1-19-15-6-5-11(9-13(15)17)14(18)8-10-3-2-4-12(16)7-10/h2-7,9,14,18H,8H2,1H3. The molecular weight excluding hydrogens is 250 g/mol. The zero-order valence-electron chi connectivity index (χ0n) is 10.4. The predicted molar refractivity (Wildman–Crippen MR) is 68.0 cm³/mol. The quantitative estimate of drug-likeness (QED) is 0.918. The minimum absolute atomic E-state index is 0.127. The Morgan fingerprint density at radius 2 is 1.95 bits per heavy atom. The third kappa shape index (κ3) is 3.29. The fraction of sp³-hybridized carbons (Fsp3) is 0.200. The van der Waals surface area contributed by atoms with Crippen LogP contribution in [0.2, 0.25) is 0 Å². The van der Waals surface area contributed by atoms with Crippen LogP contribution in [0, 0.1) is 11.6 Å². The van der Waals surface area contributed by atoms with E-state index in [1.165, 1.54) is 31.4 Å². The van der Waals surface area contributed by atoms with Gasteiger partial charge in [-0.2, -0.15) is 0 Å². The lowest BCUT2D eigenvalue weighted by atomic mass is 10.0. The van der Waals surface area contributed by atoms with Crippen LogP contribution in [0.5, 0.6) is 5.75 Å². The number of rotatable bonds is 4. The zero-order chi connectivity index (χ0) is 13.8. The second-order valence-corrected chi connectivity index (χ2v) is 4.24. The fourth-order valence-corrected chi connectivity index (χ4v) is 1.89. The molecule has 2 nitrogen and oxygen atoms in total. The average molecular weight is 264 g/mol. The summed E-state index contributed by atoms with van der Waals surface area (Å²) in [6.07, 6.45) is -0.661. The number of hydrogen-bond donors (Lipinski definition) is 1. The molecule has 0 fully saturated rings. The summed E-state index contributed by atoms with van der Waals surface area (Å²) in [5.74, 6) is -0.759. The van der Waals surface area contributed by atoms with E-state index >= 15 is 0 Å². The average Bonchev–Trinajstić information content (AvgIpc) is 2.38. The van der Waals surface area contributed by atoms with Gasteiger partial charge in [-0.1, -0.05) is 18.2 Å². The van der Waals surface area contributed by atoms with Crippen molar-refractivity contribution < 1.29 is 18.6 Å². The van der Waals surface area contributed by atoms with Gasteiger partial charge in [0, 0.05) is 6.42 Å². The first-order valence-electron chi connectivity index (χ1n) is 5.86. The van der Waals surface area contributed by atoms with Crippen LogP contribution in [0.3, 0.4) is 0 Å². The SMILES string of the molecule is COc1ccc(C(O)Cc2cccc(F)c2)cc1F. The lowest BCUT2D eigenvalue weighted by molar-refractivity contribution is 0.177. The van der Waals surface area contributed by atoms with Crippen LogP contribution in [0.25, 0.3) is 0 Å². The maximum Gasteiger partial charge on any atom is 0.165 e. The summed E-state index contributed by atoms with van der Waals surface area (Å²) in [6.45, 7) is 0. The van der Waals surface area contributed by atoms with E-state index < -0.39 is 11.9 Å². The predicted octanol–water partition coefficient (Wildman–Crippen LogP) is 3.25. The third-order valence-corrected chi connectivity index (χ3v) is 2.88. The highest BCUT2D eigenvalue weighted by Gasteiger charge is 2.12. The number of methoxy groups -OCH3 is 1. The van der Waals surface area contributed by atoms with Crippen molar-refractivity contribution in [1.29, 1.82) is 0 Å². The monoisotopic (exact) mass is 264 g/mol. The summed E-state index contributed by atoms with van der Waals surface area (Å²) in [5.41, 5.74) is 1.09. The van der Waals surface area contributed by atoms with Crippen molar-refractivity contribution in [3.63, 3.8) is 0 Å². The number of hydrogen-bond acceptors (Lipinski definition) is 2. The van der Waals surface area contributed by atoms with E-state index in [2.05, 4.69) is 0 Å². The van der Waals surface area contributed by atoms with Gasteiger partial charge < -0.3 is 9.84 Å². The molecule has 0 saturated heterocycles. The van der Waals surface area contributed by atoms with Crippen LogP contribution in [0.15, 0.2) is 42.5 Å². The molecule has 0 saturated carbocycles. The van der Waals surface area contributed by atoms with E-state index in [-0.39, 0.29) is 18.0 Å². The molecule has 19 heavy (non-hydrogen) atoms. The van der Waals surface area contributed by atoms with E-state index in [4.69, 9.17) is 4.74 Å². The van der Waals surface area contributed by atoms with E-state index in [1.807, 2.05) is 0 Å². The molecule has 1 atom stereocenters. The smallest absolute Gasteiger partial charge is 0.165 e. The van der Waals surface area contributed by atoms with Gasteiger partial charge in [0.25, 0.3) is 0 Å². The lowest BCUT2D eigenvalue weighted by Gasteiger charge is -2.12. The van der Waals surface area contributed by atoms with Gasteiger partial charge >= 0.3 is 0 Å². The second-order valence-electron chi connectivity index (χ2n) is 4.24. The molecule has 100 valence electrons. The third-order valence-electron chi connectivity index (χ3n) is 2.88. The summed E-state index contributed by atoms with van der Waals surface area (Å²) in [5, 5.41) is 10.0. The van der Waals surface area contributed by atoms with Crippen LogP contribution >= 0.6 is 0 Å². The van der Waals surface area contributed by atoms with Gasteiger partial charge in [-0.3, -0.25) is 0 Å². The molecule has 0 aliphatic carbocycles. The van der Waals surface area contributed by atoms with E-state index in [9.17, 15) is 13.9 Å². The highest BCUT2D eigenvalue weighted by molar-refractivity contribution is 5.31. The van der Waals surface area contributed by atoms with E-state index in [0.717, 1.165) is 0 Å².